The van der Waals surface area contributed by atoms with Gasteiger partial charge in [-0.1, -0.05) is 32.8 Å². The van der Waals surface area contributed by atoms with Gasteiger partial charge in [0.05, 0.1) is 26.4 Å². The number of nitrogens with zero attached hydrogens (tertiary/aromatic N) is 1. The highest BCUT2D eigenvalue weighted by atomic mass is 16.5. The summed E-state index contributed by atoms with van der Waals surface area (Å²) >= 11 is 0. The van der Waals surface area contributed by atoms with Gasteiger partial charge in [-0.05, 0) is 37.5 Å². The van der Waals surface area contributed by atoms with E-state index in [9.17, 15) is 9.90 Å². The molecule has 0 fully saturated rings. The van der Waals surface area contributed by atoms with Crippen LogP contribution in [0.15, 0.2) is 23.2 Å². The van der Waals surface area contributed by atoms with Crippen molar-refractivity contribution in [3.05, 3.63) is 29.3 Å². The second-order valence-electron chi connectivity index (χ2n) is 6.80. The Bertz CT molecular complexity index is 641. The molecule has 0 saturated carbocycles. The van der Waals surface area contributed by atoms with Crippen molar-refractivity contribution in [2.75, 3.05) is 27.3 Å². The molecule has 0 saturated heterocycles. The Kier molecular flexibility index (Phi) is 10.4. The molecular formula is C21H35N3O4. The standard InChI is InChI=1S/C21H35N3O4/c1-6-11-21(26,12-7-2)15-24-20(22-8-3)23-14-16-9-10-18(27-4)17(13-16)19(25)28-5/h9-10,13,26H,6-8,11-12,14-15H2,1-5H3,(H2,22,23,24). The summed E-state index contributed by atoms with van der Waals surface area (Å²) in [6.45, 7) is 7.66. The molecule has 0 bridgehead atoms. The number of methoxy groups -OCH3 is 2. The van der Waals surface area contributed by atoms with Crippen molar-refractivity contribution < 1.29 is 19.4 Å². The first-order chi connectivity index (χ1) is 13.4. The van der Waals surface area contributed by atoms with Crippen LogP contribution < -0.4 is 15.4 Å². The molecule has 0 radical (unpaired) electrons. The van der Waals surface area contributed by atoms with E-state index in [0.29, 0.717) is 36.9 Å². The van der Waals surface area contributed by atoms with Gasteiger partial charge in [-0.15, -0.1) is 0 Å². The molecule has 158 valence electrons. The van der Waals surface area contributed by atoms with Gasteiger partial charge in [-0.25, -0.2) is 9.79 Å². The number of carbonyl (C=O) groups excluding carboxylic acids is 1. The van der Waals surface area contributed by atoms with Crippen molar-refractivity contribution in [2.24, 2.45) is 4.99 Å². The fraction of sp³-hybridized carbons (Fsp3) is 0.619. The Hall–Kier alpha value is -2.28. The van der Waals surface area contributed by atoms with Crippen LogP contribution in [0.4, 0.5) is 0 Å². The highest BCUT2D eigenvalue weighted by Crippen LogP contribution is 2.21. The molecule has 1 aromatic carbocycles. The molecule has 28 heavy (non-hydrogen) atoms. The molecule has 0 unspecified atom stereocenters. The van der Waals surface area contributed by atoms with E-state index in [0.717, 1.165) is 31.2 Å². The minimum Gasteiger partial charge on any atom is -0.496 e. The van der Waals surface area contributed by atoms with Crippen LogP contribution in [0.25, 0.3) is 0 Å². The normalized spacial score (nSPS) is 11.9. The number of nitrogens with one attached hydrogen (secondary N) is 2. The molecule has 0 aliphatic heterocycles. The smallest absolute Gasteiger partial charge is 0.341 e. The number of hydrogen-bond acceptors (Lipinski definition) is 5. The van der Waals surface area contributed by atoms with Crippen LogP contribution >= 0.6 is 0 Å². The number of ether oxygens (including phenoxy) is 2. The molecule has 0 aliphatic carbocycles. The van der Waals surface area contributed by atoms with Crippen molar-refractivity contribution in [3.8, 4) is 5.75 Å². The first-order valence-electron chi connectivity index (χ1n) is 9.92. The van der Waals surface area contributed by atoms with Gasteiger partial charge in [0.1, 0.15) is 11.3 Å². The minimum atomic E-state index is -0.738. The third-order valence-corrected chi connectivity index (χ3v) is 4.45. The van der Waals surface area contributed by atoms with E-state index in [1.807, 2.05) is 13.0 Å². The van der Waals surface area contributed by atoms with Crippen molar-refractivity contribution in [2.45, 2.75) is 58.6 Å². The number of guanidine groups is 1. The average molecular weight is 394 g/mol. The first-order valence-corrected chi connectivity index (χ1v) is 9.92. The lowest BCUT2D eigenvalue weighted by Gasteiger charge is -2.28. The molecule has 3 N–H and O–H groups in total. The highest BCUT2D eigenvalue weighted by Gasteiger charge is 2.25. The lowest BCUT2D eigenvalue weighted by atomic mass is 9.93. The molecule has 1 aromatic rings. The van der Waals surface area contributed by atoms with E-state index in [-0.39, 0.29) is 0 Å². The first kappa shape index (κ1) is 23.8. The number of benzene rings is 1. The zero-order chi connectivity index (χ0) is 21.0. The summed E-state index contributed by atoms with van der Waals surface area (Å²) in [5.74, 6) is 0.647. The van der Waals surface area contributed by atoms with E-state index in [1.165, 1.54) is 14.2 Å². The summed E-state index contributed by atoms with van der Waals surface area (Å²) in [4.78, 5) is 16.5. The van der Waals surface area contributed by atoms with Crippen LogP contribution in [-0.4, -0.2) is 49.9 Å². The molecule has 0 spiro atoms. The third kappa shape index (κ3) is 7.38. The second kappa shape index (κ2) is 12.2. The summed E-state index contributed by atoms with van der Waals surface area (Å²) in [6, 6.07) is 5.32. The number of hydrogen-bond donors (Lipinski definition) is 3. The van der Waals surface area contributed by atoms with Gasteiger partial charge < -0.3 is 25.2 Å². The van der Waals surface area contributed by atoms with Crippen molar-refractivity contribution in [3.63, 3.8) is 0 Å². The predicted molar refractivity (Wildman–Crippen MR) is 112 cm³/mol. The van der Waals surface area contributed by atoms with Crippen LogP contribution in [0.1, 0.15) is 62.4 Å². The Morgan fingerprint density at radius 3 is 2.36 bits per heavy atom. The van der Waals surface area contributed by atoms with Crippen molar-refractivity contribution in [1.82, 2.24) is 10.6 Å². The number of aliphatic imine (C=N–C) groups is 1. The molecule has 0 amide bonds. The van der Waals surface area contributed by atoms with Gasteiger partial charge in [-0.3, -0.25) is 0 Å². The SMILES string of the molecule is CCCC(O)(CCC)CNC(=NCc1ccc(OC)c(C(=O)OC)c1)NCC. The lowest BCUT2D eigenvalue weighted by molar-refractivity contribution is 0.0257. The monoisotopic (exact) mass is 393 g/mol. The highest BCUT2D eigenvalue weighted by molar-refractivity contribution is 5.92. The molecule has 0 aromatic heterocycles. The molecular weight excluding hydrogens is 358 g/mol. The summed E-state index contributed by atoms with van der Waals surface area (Å²) in [6.07, 6.45) is 3.34. The quantitative estimate of drug-likeness (QED) is 0.304. The van der Waals surface area contributed by atoms with E-state index in [2.05, 4.69) is 29.5 Å². The minimum absolute atomic E-state index is 0.371. The maximum absolute atomic E-state index is 11.9. The van der Waals surface area contributed by atoms with Gasteiger partial charge in [0.2, 0.25) is 0 Å². The molecule has 1 rings (SSSR count). The summed E-state index contributed by atoms with van der Waals surface area (Å²) < 4.78 is 10.0. The van der Waals surface area contributed by atoms with Gasteiger partial charge in [0, 0.05) is 13.1 Å². The third-order valence-electron chi connectivity index (χ3n) is 4.45. The second-order valence-corrected chi connectivity index (χ2v) is 6.80. The van der Waals surface area contributed by atoms with Gasteiger partial charge in [-0.2, -0.15) is 0 Å². The molecule has 7 nitrogen and oxygen atoms in total. The van der Waals surface area contributed by atoms with Gasteiger partial charge in [0.15, 0.2) is 5.96 Å². The number of aliphatic hydroxyl groups is 1. The maximum Gasteiger partial charge on any atom is 0.341 e. The number of carbonyl (C=O) groups is 1. The summed E-state index contributed by atoms with van der Waals surface area (Å²) in [5, 5.41) is 17.2. The van der Waals surface area contributed by atoms with E-state index in [1.54, 1.807) is 12.1 Å². The Balaban J connectivity index is 2.90. The van der Waals surface area contributed by atoms with Crippen LogP contribution in [-0.2, 0) is 11.3 Å². The van der Waals surface area contributed by atoms with Crippen molar-refractivity contribution >= 4 is 11.9 Å². The topological polar surface area (TPSA) is 92.2 Å². The fourth-order valence-electron chi connectivity index (χ4n) is 3.12. The zero-order valence-electron chi connectivity index (χ0n) is 17.8. The predicted octanol–water partition coefficient (Wildman–Crippen LogP) is 2.87. The van der Waals surface area contributed by atoms with Gasteiger partial charge in [0.25, 0.3) is 0 Å². The molecule has 7 heteroatoms. The Labute approximate surface area is 168 Å². The van der Waals surface area contributed by atoms with Crippen LogP contribution in [0, 0.1) is 0 Å². The maximum atomic E-state index is 11.9. The molecule has 0 aliphatic rings. The van der Waals surface area contributed by atoms with Gasteiger partial charge >= 0.3 is 5.97 Å². The average Bonchev–Trinajstić information content (AvgIpc) is 2.69. The van der Waals surface area contributed by atoms with E-state index in [4.69, 9.17) is 9.47 Å². The van der Waals surface area contributed by atoms with E-state index < -0.39 is 11.6 Å². The van der Waals surface area contributed by atoms with Crippen LogP contribution in [0.3, 0.4) is 0 Å². The Morgan fingerprint density at radius 1 is 1.14 bits per heavy atom. The molecule has 0 heterocycles. The lowest BCUT2D eigenvalue weighted by Crippen LogP contribution is -2.47. The largest absolute Gasteiger partial charge is 0.496 e. The summed E-state index contributed by atoms with van der Waals surface area (Å²) in [7, 11) is 2.86. The fourth-order valence-corrected chi connectivity index (χ4v) is 3.12. The Morgan fingerprint density at radius 2 is 1.82 bits per heavy atom. The van der Waals surface area contributed by atoms with Crippen LogP contribution in [0.5, 0.6) is 5.75 Å². The number of rotatable bonds is 11. The van der Waals surface area contributed by atoms with Crippen molar-refractivity contribution in [1.29, 1.82) is 0 Å². The molecule has 0 atom stereocenters. The van der Waals surface area contributed by atoms with E-state index >= 15 is 0 Å². The summed E-state index contributed by atoms with van der Waals surface area (Å²) in [5.41, 5.74) is 0.490. The van der Waals surface area contributed by atoms with Crippen LogP contribution in [0.2, 0.25) is 0 Å². The number of esters is 1. The zero-order valence-corrected chi connectivity index (χ0v) is 17.8.